The van der Waals surface area contributed by atoms with Crippen molar-refractivity contribution in [1.82, 2.24) is 24.9 Å². The molecule has 4 aromatic rings. The number of para-hydroxylation sites is 1. The molecule has 0 aliphatic carbocycles. The first-order valence-electron chi connectivity index (χ1n) is 8.61. The molecular weight excluding hydrogens is 360 g/mol. The van der Waals surface area contributed by atoms with E-state index >= 15 is 0 Å². The summed E-state index contributed by atoms with van der Waals surface area (Å²) in [6.07, 6.45) is 3.84. The molecule has 0 aliphatic rings. The minimum atomic E-state index is -0.321. The molecule has 28 heavy (non-hydrogen) atoms. The molecule has 0 saturated heterocycles. The Kier molecular flexibility index (Phi) is 4.63. The molecule has 0 bridgehead atoms. The van der Waals surface area contributed by atoms with E-state index in [1.807, 2.05) is 35.9 Å². The molecule has 0 atom stereocenters. The number of benzene rings is 1. The highest BCUT2D eigenvalue weighted by molar-refractivity contribution is 5.96. The van der Waals surface area contributed by atoms with Gasteiger partial charge in [0.05, 0.1) is 17.8 Å². The number of hydrogen-bond donors (Lipinski definition) is 2. The molecule has 0 unspecified atom stereocenters. The van der Waals surface area contributed by atoms with Crippen LogP contribution in [0.5, 0.6) is 5.75 Å². The van der Waals surface area contributed by atoms with Crippen LogP contribution in [-0.2, 0) is 13.2 Å². The normalized spacial score (nSPS) is 10.9. The van der Waals surface area contributed by atoms with Crippen LogP contribution in [0.25, 0.3) is 5.65 Å². The lowest BCUT2D eigenvalue weighted by Gasteiger charge is -2.10. The first-order chi connectivity index (χ1) is 13.6. The maximum absolute atomic E-state index is 12.5. The van der Waals surface area contributed by atoms with E-state index in [0.29, 0.717) is 11.3 Å². The largest absolute Gasteiger partial charge is 0.486 e. The Labute approximate surface area is 160 Å². The Morgan fingerprint density at radius 1 is 1.25 bits per heavy atom. The van der Waals surface area contributed by atoms with Crippen LogP contribution < -0.4 is 15.8 Å². The van der Waals surface area contributed by atoms with Gasteiger partial charge in [0.15, 0.2) is 0 Å². The molecule has 142 valence electrons. The van der Waals surface area contributed by atoms with E-state index in [0.717, 1.165) is 16.9 Å². The number of nitrogens with two attached hydrogens (primary N) is 1. The van der Waals surface area contributed by atoms with Crippen molar-refractivity contribution in [3.8, 4) is 5.75 Å². The van der Waals surface area contributed by atoms with Gasteiger partial charge in [-0.3, -0.25) is 4.79 Å². The van der Waals surface area contributed by atoms with Crippen molar-refractivity contribution < 1.29 is 13.9 Å². The molecule has 3 aromatic heterocycles. The number of hydrogen-bond acceptors (Lipinski definition) is 7. The highest BCUT2D eigenvalue weighted by Crippen LogP contribution is 2.20. The highest BCUT2D eigenvalue weighted by atomic mass is 16.5. The van der Waals surface area contributed by atoms with E-state index in [-0.39, 0.29) is 31.0 Å². The second kappa shape index (κ2) is 7.39. The van der Waals surface area contributed by atoms with Gasteiger partial charge in [0.25, 0.3) is 5.91 Å². The maximum Gasteiger partial charge on any atom is 0.312 e. The third-order valence-electron chi connectivity index (χ3n) is 4.12. The van der Waals surface area contributed by atoms with Crippen LogP contribution in [0.3, 0.4) is 0 Å². The lowest BCUT2D eigenvalue weighted by molar-refractivity contribution is 0.0942. The van der Waals surface area contributed by atoms with Gasteiger partial charge in [0.2, 0.25) is 5.89 Å². The Hall–Kier alpha value is -3.88. The van der Waals surface area contributed by atoms with Gasteiger partial charge in [-0.15, -0.1) is 5.10 Å². The first-order valence-corrected chi connectivity index (χ1v) is 8.61. The van der Waals surface area contributed by atoms with Crippen LogP contribution in [0.2, 0.25) is 0 Å². The van der Waals surface area contributed by atoms with Gasteiger partial charge in [-0.2, -0.15) is 0 Å². The molecule has 1 aromatic carbocycles. The van der Waals surface area contributed by atoms with Crippen LogP contribution in [0.4, 0.5) is 6.01 Å². The smallest absolute Gasteiger partial charge is 0.312 e. The molecule has 3 heterocycles. The van der Waals surface area contributed by atoms with Crippen LogP contribution in [0, 0.1) is 6.92 Å². The SMILES string of the molecule is Cc1cccn2cc(COc3ccccc3C(=O)NCc3nnc(N)o3)nc12. The third kappa shape index (κ3) is 3.63. The standard InChI is InChI=1S/C19H18N6O3/c1-12-5-4-8-25-10-13(22-17(12)25)11-27-15-7-3-2-6-14(15)18(26)21-9-16-23-24-19(20)28-16/h2-8,10H,9,11H2,1H3,(H2,20,24)(H,21,26). The fourth-order valence-electron chi connectivity index (χ4n) is 2.79. The van der Waals surface area contributed by atoms with Gasteiger partial charge in [-0.1, -0.05) is 23.3 Å². The number of pyridine rings is 1. The van der Waals surface area contributed by atoms with E-state index in [1.54, 1.807) is 24.3 Å². The molecule has 1 amide bonds. The summed E-state index contributed by atoms with van der Waals surface area (Å²) >= 11 is 0. The van der Waals surface area contributed by atoms with Gasteiger partial charge in [0.1, 0.15) is 18.0 Å². The zero-order valence-electron chi connectivity index (χ0n) is 15.1. The van der Waals surface area contributed by atoms with Crippen LogP contribution in [0.15, 0.2) is 53.2 Å². The zero-order valence-corrected chi connectivity index (χ0v) is 15.1. The maximum atomic E-state index is 12.5. The van der Waals surface area contributed by atoms with E-state index in [2.05, 4.69) is 20.5 Å². The molecule has 0 aliphatic heterocycles. The second-order valence-electron chi connectivity index (χ2n) is 6.16. The monoisotopic (exact) mass is 378 g/mol. The first kappa shape index (κ1) is 17.5. The van der Waals surface area contributed by atoms with Crippen molar-refractivity contribution in [2.24, 2.45) is 0 Å². The number of nitrogens with zero attached hydrogens (tertiary/aromatic N) is 4. The van der Waals surface area contributed by atoms with Crippen molar-refractivity contribution in [2.75, 3.05) is 5.73 Å². The summed E-state index contributed by atoms with van der Waals surface area (Å²) in [7, 11) is 0. The number of anilines is 1. The van der Waals surface area contributed by atoms with Crippen LogP contribution in [-0.4, -0.2) is 25.5 Å². The number of imidazole rings is 1. The molecule has 4 rings (SSSR count). The molecule has 3 N–H and O–H groups in total. The van der Waals surface area contributed by atoms with Gasteiger partial charge in [0, 0.05) is 12.4 Å². The number of amides is 1. The third-order valence-corrected chi connectivity index (χ3v) is 4.12. The quantitative estimate of drug-likeness (QED) is 0.527. The minimum Gasteiger partial charge on any atom is -0.486 e. The number of nitrogen functional groups attached to an aromatic ring is 1. The molecular formula is C19H18N6O3. The Bertz CT molecular complexity index is 1130. The summed E-state index contributed by atoms with van der Waals surface area (Å²) in [4.78, 5) is 17.1. The molecule has 9 heteroatoms. The number of nitrogens with one attached hydrogen (secondary N) is 1. The Morgan fingerprint density at radius 3 is 2.89 bits per heavy atom. The summed E-state index contributed by atoms with van der Waals surface area (Å²) in [5.74, 6) is 0.362. The molecule has 0 spiro atoms. The van der Waals surface area contributed by atoms with Crippen molar-refractivity contribution in [1.29, 1.82) is 0 Å². The average molecular weight is 378 g/mol. The highest BCUT2D eigenvalue weighted by Gasteiger charge is 2.14. The number of rotatable bonds is 6. The number of ether oxygens (including phenoxy) is 1. The summed E-state index contributed by atoms with van der Waals surface area (Å²) < 4.78 is 12.9. The fraction of sp³-hybridized carbons (Fsp3) is 0.158. The summed E-state index contributed by atoms with van der Waals surface area (Å²) in [6, 6.07) is 10.9. The Balaban J connectivity index is 1.46. The second-order valence-corrected chi connectivity index (χ2v) is 6.16. The molecule has 9 nitrogen and oxygen atoms in total. The van der Waals surface area contributed by atoms with Crippen molar-refractivity contribution in [3.63, 3.8) is 0 Å². The summed E-state index contributed by atoms with van der Waals surface area (Å²) in [5.41, 5.74) is 8.50. The predicted molar refractivity (Wildman–Crippen MR) is 101 cm³/mol. The fourth-order valence-corrected chi connectivity index (χ4v) is 2.79. The van der Waals surface area contributed by atoms with Gasteiger partial charge in [-0.05, 0) is 30.7 Å². The van der Waals surface area contributed by atoms with Crippen molar-refractivity contribution in [3.05, 3.63) is 71.5 Å². The molecule has 0 saturated carbocycles. The van der Waals surface area contributed by atoms with E-state index in [4.69, 9.17) is 14.9 Å². The van der Waals surface area contributed by atoms with Crippen molar-refractivity contribution >= 4 is 17.6 Å². The predicted octanol–water partition coefficient (Wildman–Crippen LogP) is 2.12. The van der Waals surface area contributed by atoms with Gasteiger partial charge < -0.3 is 24.6 Å². The van der Waals surface area contributed by atoms with E-state index in [1.165, 1.54) is 0 Å². The van der Waals surface area contributed by atoms with Crippen LogP contribution >= 0.6 is 0 Å². The number of fused-ring (bicyclic) bond motifs is 1. The van der Waals surface area contributed by atoms with Crippen molar-refractivity contribution in [2.45, 2.75) is 20.1 Å². The molecule has 0 fully saturated rings. The summed E-state index contributed by atoms with van der Waals surface area (Å²) in [5, 5.41) is 9.96. The number of aryl methyl sites for hydroxylation is 1. The average Bonchev–Trinajstić information content (AvgIpc) is 3.31. The van der Waals surface area contributed by atoms with Gasteiger partial charge in [-0.25, -0.2) is 4.98 Å². The van der Waals surface area contributed by atoms with E-state index in [9.17, 15) is 4.79 Å². The Morgan fingerprint density at radius 2 is 2.11 bits per heavy atom. The lowest BCUT2D eigenvalue weighted by atomic mass is 10.2. The number of carbonyl (C=O) groups is 1. The topological polar surface area (TPSA) is 121 Å². The lowest BCUT2D eigenvalue weighted by Crippen LogP contribution is -2.23. The van der Waals surface area contributed by atoms with Gasteiger partial charge >= 0.3 is 6.01 Å². The van der Waals surface area contributed by atoms with E-state index < -0.39 is 0 Å². The number of carbonyl (C=O) groups excluding carboxylic acids is 1. The van der Waals surface area contributed by atoms with Crippen LogP contribution in [0.1, 0.15) is 27.5 Å². The number of aromatic nitrogens is 4. The summed E-state index contributed by atoms with van der Waals surface area (Å²) in [6.45, 7) is 2.32. The molecule has 0 radical (unpaired) electrons. The minimum absolute atomic E-state index is 0.0457. The zero-order chi connectivity index (χ0) is 19.5.